The summed E-state index contributed by atoms with van der Waals surface area (Å²) in [5.74, 6) is -0.385. The third-order valence-corrected chi connectivity index (χ3v) is 9.88. The fraction of sp³-hybridized carbons (Fsp3) is 0.571. The molecule has 3 atom stereocenters. The van der Waals surface area contributed by atoms with Crippen molar-refractivity contribution in [2.75, 3.05) is 12.0 Å². The Morgan fingerprint density at radius 1 is 0.863 bits per heavy atom. The Hall–Kier alpha value is -4.37. The molecular formula is C35H42F6N6O4. The Bertz CT molecular complexity index is 1610. The Balaban J connectivity index is 1.44. The number of amides is 1. The number of anilines is 1. The Kier molecular flexibility index (Phi) is 11.5. The second-order valence-electron chi connectivity index (χ2n) is 13.3. The second-order valence-corrected chi connectivity index (χ2v) is 13.3. The zero-order valence-electron chi connectivity index (χ0n) is 28.9. The lowest BCUT2D eigenvalue weighted by Crippen LogP contribution is -2.57. The number of aryl methyl sites for hydroxylation is 1. The molecule has 3 heterocycles. The van der Waals surface area contributed by atoms with Crippen molar-refractivity contribution < 1.29 is 45.4 Å². The molecule has 5 rings (SSSR count). The van der Waals surface area contributed by atoms with Crippen LogP contribution in [0.2, 0.25) is 0 Å². The van der Waals surface area contributed by atoms with E-state index in [4.69, 9.17) is 9.47 Å². The number of alkyl halides is 6. The lowest BCUT2D eigenvalue weighted by atomic mass is 9.87. The van der Waals surface area contributed by atoms with Crippen molar-refractivity contribution in [1.82, 2.24) is 24.6 Å². The fourth-order valence-corrected chi connectivity index (χ4v) is 7.17. The summed E-state index contributed by atoms with van der Waals surface area (Å²) in [5.41, 5.74) is -1.66. The maximum atomic E-state index is 13.8. The molecule has 0 unspecified atom stereocenters. The van der Waals surface area contributed by atoms with Gasteiger partial charge in [0.25, 0.3) is 0 Å². The standard InChI is InChI=1S/C35H42F6N6O4/c1-5-27-14-29(15-28(6-2)47(27)33(49)51-30-9-7-22(8-10-30)31(48)50-4)46(32-42-16-23(17-43-32)24-18-44-45(3)20-24)19-21-11-25(34(36,37)38)13-26(12-21)35(39,40)41/h11-13,16-18,20,22,27-30H,5-10,14-15,19H2,1-4H3/t22-,27-,28+,29+,30+. The molecule has 0 bridgehead atoms. The highest BCUT2D eigenvalue weighted by atomic mass is 19.4. The van der Waals surface area contributed by atoms with E-state index in [-0.39, 0.29) is 54.2 Å². The van der Waals surface area contributed by atoms with Crippen LogP contribution in [0.5, 0.6) is 0 Å². The number of hydrogen-bond acceptors (Lipinski definition) is 8. The average molecular weight is 725 g/mol. The molecule has 2 aliphatic rings. The van der Waals surface area contributed by atoms with Gasteiger partial charge in [-0.3, -0.25) is 9.48 Å². The van der Waals surface area contributed by atoms with Crippen LogP contribution in [-0.2, 0) is 40.2 Å². The molecule has 2 fully saturated rings. The molecular weight excluding hydrogens is 682 g/mol. The van der Waals surface area contributed by atoms with Crippen LogP contribution >= 0.6 is 0 Å². The van der Waals surface area contributed by atoms with Crippen LogP contribution in [0.3, 0.4) is 0 Å². The lowest BCUT2D eigenvalue weighted by Gasteiger charge is -2.47. The summed E-state index contributed by atoms with van der Waals surface area (Å²) in [5, 5.41) is 4.15. The van der Waals surface area contributed by atoms with Crippen LogP contribution in [0.4, 0.5) is 37.1 Å². The first-order chi connectivity index (χ1) is 24.1. The van der Waals surface area contributed by atoms with Gasteiger partial charge in [-0.1, -0.05) is 13.8 Å². The van der Waals surface area contributed by atoms with E-state index in [0.29, 0.717) is 56.9 Å². The molecule has 3 aromatic rings. The molecule has 1 saturated carbocycles. The molecule has 1 aromatic carbocycles. The minimum absolute atomic E-state index is 0.110. The Morgan fingerprint density at radius 2 is 1.43 bits per heavy atom. The number of esters is 1. The molecule has 10 nitrogen and oxygen atoms in total. The van der Waals surface area contributed by atoms with Gasteiger partial charge in [-0.25, -0.2) is 14.8 Å². The Labute approximate surface area is 292 Å². The first kappa shape index (κ1) is 37.9. The fourth-order valence-electron chi connectivity index (χ4n) is 7.17. The van der Waals surface area contributed by atoms with Gasteiger partial charge in [-0.05, 0) is 75.1 Å². The van der Waals surface area contributed by atoms with E-state index in [1.54, 1.807) is 33.9 Å². The van der Waals surface area contributed by atoms with E-state index in [0.717, 1.165) is 17.7 Å². The van der Waals surface area contributed by atoms with Gasteiger partial charge in [0, 0.05) is 61.4 Å². The third kappa shape index (κ3) is 8.93. The zero-order chi connectivity index (χ0) is 37.1. The maximum absolute atomic E-state index is 13.8. The minimum atomic E-state index is -5.01. The van der Waals surface area contributed by atoms with Crippen molar-refractivity contribution in [3.05, 3.63) is 59.7 Å². The lowest BCUT2D eigenvalue weighted by molar-refractivity contribution is -0.147. The largest absolute Gasteiger partial charge is 0.469 e. The normalized spacial score (nSPS) is 22.8. The number of nitrogens with zero attached hydrogens (tertiary/aromatic N) is 6. The third-order valence-electron chi connectivity index (χ3n) is 9.88. The quantitative estimate of drug-likeness (QED) is 0.163. The highest BCUT2D eigenvalue weighted by Crippen LogP contribution is 2.39. The minimum Gasteiger partial charge on any atom is -0.469 e. The summed E-state index contributed by atoms with van der Waals surface area (Å²) in [7, 11) is 3.09. The number of piperidine rings is 1. The van der Waals surface area contributed by atoms with Gasteiger partial charge in [0.05, 0.1) is 30.4 Å². The van der Waals surface area contributed by atoms with Crippen LogP contribution in [-0.4, -0.2) is 68.1 Å². The van der Waals surface area contributed by atoms with Crippen molar-refractivity contribution in [2.24, 2.45) is 13.0 Å². The number of hydrogen-bond donors (Lipinski definition) is 0. The molecule has 1 aliphatic carbocycles. The molecule has 16 heteroatoms. The highest BCUT2D eigenvalue weighted by Gasteiger charge is 2.42. The van der Waals surface area contributed by atoms with Gasteiger partial charge in [0.1, 0.15) is 6.10 Å². The van der Waals surface area contributed by atoms with Gasteiger partial charge in [0.2, 0.25) is 5.95 Å². The van der Waals surface area contributed by atoms with E-state index in [9.17, 15) is 35.9 Å². The smallest absolute Gasteiger partial charge is 0.416 e. The van der Waals surface area contributed by atoms with E-state index in [2.05, 4.69) is 15.1 Å². The Morgan fingerprint density at radius 3 is 1.90 bits per heavy atom. The molecule has 1 saturated heterocycles. The topological polar surface area (TPSA) is 103 Å². The summed E-state index contributed by atoms with van der Waals surface area (Å²) in [6.07, 6.45) is -0.548. The van der Waals surface area contributed by atoms with Crippen molar-refractivity contribution >= 4 is 18.0 Å². The van der Waals surface area contributed by atoms with Crippen LogP contribution in [0.1, 0.15) is 81.9 Å². The molecule has 1 amide bonds. The molecule has 278 valence electrons. The number of aromatic nitrogens is 4. The predicted molar refractivity (Wildman–Crippen MR) is 174 cm³/mol. The van der Waals surface area contributed by atoms with Crippen LogP contribution in [0.15, 0.2) is 43.0 Å². The maximum Gasteiger partial charge on any atom is 0.416 e. The zero-order valence-corrected chi connectivity index (χ0v) is 28.9. The SMILES string of the molecule is CC[C@@H]1C[C@H](N(Cc2cc(C(F)(F)F)cc(C(F)(F)F)c2)c2ncc(-c3cnn(C)c3)cn2)C[C@H](CC)N1C(=O)O[C@H]1CC[C@@H](C(=O)OC)CC1. The van der Waals surface area contributed by atoms with Crippen LogP contribution < -0.4 is 4.90 Å². The van der Waals surface area contributed by atoms with Crippen LogP contribution in [0.25, 0.3) is 11.1 Å². The van der Waals surface area contributed by atoms with E-state index in [1.165, 1.54) is 19.5 Å². The summed E-state index contributed by atoms with van der Waals surface area (Å²) in [6, 6.07) is 0.408. The first-order valence-corrected chi connectivity index (χ1v) is 17.0. The summed E-state index contributed by atoms with van der Waals surface area (Å²) >= 11 is 0. The number of ether oxygens (including phenoxy) is 2. The van der Waals surface area contributed by atoms with Crippen molar-refractivity contribution in [2.45, 2.75) is 108 Å². The number of benzene rings is 1. The van der Waals surface area contributed by atoms with E-state index < -0.39 is 35.6 Å². The number of halogens is 6. The van der Waals surface area contributed by atoms with Crippen molar-refractivity contribution in [3.8, 4) is 11.1 Å². The summed E-state index contributed by atoms with van der Waals surface area (Å²) < 4.78 is 95.4. The van der Waals surface area contributed by atoms with Crippen molar-refractivity contribution in [3.63, 3.8) is 0 Å². The predicted octanol–water partition coefficient (Wildman–Crippen LogP) is 7.81. The highest BCUT2D eigenvalue weighted by molar-refractivity contribution is 5.72. The number of rotatable bonds is 9. The average Bonchev–Trinajstić information content (AvgIpc) is 3.55. The molecule has 2 aromatic heterocycles. The summed E-state index contributed by atoms with van der Waals surface area (Å²) in [4.78, 5) is 38.1. The molecule has 1 aliphatic heterocycles. The van der Waals surface area contributed by atoms with Gasteiger partial charge in [0.15, 0.2) is 0 Å². The molecule has 51 heavy (non-hydrogen) atoms. The van der Waals surface area contributed by atoms with Gasteiger partial charge >= 0.3 is 24.4 Å². The van der Waals surface area contributed by atoms with Gasteiger partial charge in [-0.15, -0.1) is 0 Å². The van der Waals surface area contributed by atoms with Gasteiger partial charge < -0.3 is 19.3 Å². The monoisotopic (exact) mass is 724 g/mol. The second kappa shape index (κ2) is 15.5. The first-order valence-electron chi connectivity index (χ1n) is 17.0. The van der Waals surface area contributed by atoms with E-state index in [1.807, 2.05) is 13.8 Å². The molecule has 0 spiro atoms. The van der Waals surface area contributed by atoms with Crippen molar-refractivity contribution in [1.29, 1.82) is 0 Å². The molecule has 0 N–H and O–H groups in total. The van der Waals surface area contributed by atoms with Gasteiger partial charge in [-0.2, -0.15) is 31.4 Å². The van der Waals surface area contributed by atoms with Crippen LogP contribution in [0, 0.1) is 5.92 Å². The van der Waals surface area contributed by atoms with E-state index >= 15 is 0 Å². The molecule has 0 radical (unpaired) electrons. The number of methoxy groups -OCH3 is 1. The number of carbonyl (C=O) groups is 2. The number of carbonyl (C=O) groups excluding carboxylic acids is 2. The number of likely N-dealkylation sites (tertiary alicyclic amines) is 1. The summed E-state index contributed by atoms with van der Waals surface area (Å²) in [6.45, 7) is 3.48.